The maximum atomic E-state index is 12.0. The van der Waals surface area contributed by atoms with Crippen LogP contribution in [0.3, 0.4) is 0 Å². The zero-order chi connectivity index (χ0) is 13.1. The lowest BCUT2D eigenvalue weighted by Gasteiger charge is -2.05. The van der Waals surface area contributed by atoms with Crippen LogP contribution in [0.4, 0.5) is 8.78 Å². The number of rotatable bonds is 4. The van der Waals surface area contributed by atoms with Crippen LogP contribution in [-0.4, -0.2) is 21.9 Å². The molecule has 0 fully saturated rings. The maximum absolute atomic E-state index is 12.0. The quantitative estimate of drug-likeness (QED) is 0.784. The van der Waals surface area contributed by atoms with Gasteiger partial charge in [-0.3, -0.25) is 4.79 Å². The van der Waals surface area contributed by atoms with Crippen LogP contribution in [0.1, 0.15) is 16.2 Å². The van der Waals surface area contributed by atoms with Gasteiger partial charge >= 0.3 is 6.61 Å². The lowest BCUT2D eigenvalue weighted by atomic mass is 10.1. The normalized spacial score (nSPS) is 10.7. The Morgan fingerprint density at radius 3 is 2.50 bits per heavy atom. The number of nitrogens with zero attached hydrogens (tertiary/aromatic N) is 2. The molecule has 2 aromatic rings. The summed E-state index contributed by atoms with van der Waals surface area (Å²) in [6.07, 6.45) is 3.17. The van der Waals surface area contributed by atoms with Crippen LogP contribution in [0.15, 0.2) is 36.7 Å². The maximum Gasteiger partial charge on any atom is 0.387 e. The van der Waals surface area contributed by atoms with Gasteiger partial charge in [-0.05, 0) is 24.3 Å². The summed E-state index contributed by atoms with van der Waals surface area (Å²) in [7, 11) is 1.70. The van der Waals surface area contributed by atoms with E-state index in [1.807, 2.05) is 0 Å². The summed E-state index contributed by atoms with van der Waals surface area (Å²) < 4.78 is 29.7. The number of aromatic nitrogens is 2. The van der Waals surface area contributed by atoms with E-state index in [2.05, 4.69) is 9.72 Å². The highest BCUT2D eigenvalue weighted by molar-refractivity contribution is 6.06. The van der Waals surface area contributed by atoms with Gasteiger partial charge in [0.1, 0.15) is 5.75 Å². The summed E-state index contributed by atoms with van der Waals surface area (Å²) in [6, 6.07) is 5.49. The van der Waals surface area contributed by atoms with Crippen LogP contribution < -0.4 is 4.74 Å². The molecule has 0 amide bonds. The van der Waals surface area contributed by atoms with Crippen molar-refractivity contribution in [1.29, 1.82) is 0 Å². The summed E-state index contributed by atoms with van der Waals surface area (Å²) in [5.74, 6) is 0.0324. The topological polar surface area (TPSA) is 44.1 Å². The molecular weight excluding hydrogens is 242 g/mol. The van der Waals surface area contributed by atoms with E-state index >= 15 is 0 Å². The van der Waals surface area contributed by atoms with E-state index in [-0.39, 0.29) is 17.4 Å². The molecule has 0 N–H and O–H groups in total. The predicted molar refractivity (Wildman–Crippen MR) is 59.7 cm³/mol. The van der Waals surface area contributed by atoms with Crippen molar-refractivity contribution < 1.29 is 18.3 Å². The van der Waals surface area contributed by atoms with E-state index < -0.39 is 6.61 Å². The molecule has 1 aromatic carbocycles. The first kappa shape index (κ1) is 12.2. The highest BCUT2D eigenvalue weighted by Crippen LogP contribution is 2.16. The first-order chi connectivity index (χ1) is 8.58. The third-order valence-corrected chi connectivity index (χ3v) is 2.37. The van der Waals surface area contributed by atoms with Crippen LogP contribution in [0, 0.1) is 0 Å². The van der Waals surface area contributed by atoms with Crippen LogP contribution in [-0.2, 0) is 7.05 Å². The molecular formula is C12H10F2N2O2. The van der Waals surface area contributed by atoms with Crippen LogP contribution in [0.5, 0.6) is 5.75 Å². The van der Waals surface area contributed by atoms with Gasteiger partial charge in [0, 0.05) is 25.0 Å². The van der Waals surface area contributed by atoms with Gasteiger partial charge < -0.3 is 9.30 Å². The monoisotopic (exact) mass is 252 g/mol. The van der Waals surface area contributed by atoms with Crippen LogP contribution in [0.2, 0.25) is 0 Å². The second kappa shape index (κ2) is 4.95. The number of aryl methyl sites for hydroxylation is 1. The molecule has 0 spiro atoms. The fraction of sp³-hybridized carbons (Fsp3) is 0.167. The SMILES string of the molecule is Cn1ccnc1C(=O)c1ccc(OC(F)F)cc1. The lowest BCUT2D eigenvalue weighted by molar-refractivity contribution is -0.0498. The predicted octanol–water partition coefficient (Wildman–Crippen LogP) is 2.25. The third kappa shape index (κ3) is 2.53. The zero-order valence-electron chi connectivity index (χ0n) is 9.51. The molecule has 1 heterocycles. The molecule has 0 unspecified atom stereocenters. The van der Waals surface area contributed by atoms with Gasteiger partial charge in [0.25, 0.3) is 0 Å². The van der Waals surface area contributed by atoms with Gasteiger partial charge in [-0.2, -0.15) is 8.78 Å². The Kier molecular flexibility index (Phi) is 3.36. The summed E-state index contributed by atoms with van der Waals surface area (Å²) >= 11 is 0. The number of carbonyl (C=O) groups is 1. The van der Waals surface area contributed by atoms with Crippen molar-refractivity contribution in [3.8, 4) is 5.75 Å². The number of ether oxygens (including phenoxy) is 1. The summed E-state index contributed by atoms with van der Waals surface area (Å²) in [5.41, 5.74) is 0.367. The molecule has 0 radical (unpaired) electrons. The first-order valence-electron chi connectivity index (χ1n) is 5.15. The van der Waals surface area contributed by atoms with Crippen molar-refractivity contribution >= 4 is 5.78 Å². The minimum atomic E-state index is -2.87. The van der Waals surface area contributed by atoms with Crippen molar-refractivity contribution in [3.05, 3.63) is 48.0 Å². The largest absolute Gasteiger partial charge is 0.435 e. The van der Waals surface area contributed by atoms with E-state index in [4.69, 9.17) is 0 Å². The van der Waals surface area contributed by atoms with Crippen LogP contribution in [0.25, 0.3) is 0 Å². The summed E-state index contributed by atoms with van der Waals surface area (Å²) in [4.78, 5) is 15.9. The van der Waals surface area contributed by atoms with Crippen molar-refractivity contribution in [2.45, 2.75) is 6.61 Å². The smallest absolute Gasteiger partial charge is 0.387 e. The average Bonchev–Trinajstić information content (AvgIpc) is 2.75. The number of hydrogen-bond donors (Lipinski definition) is 0. The summed E-state index contributed by atoms with van der Waals surface area (Å²) in [6.45, 7) is -2.87. The molecule has 0 aliphatic carbocycles. The Bertz CT molecular complexity index is 549. The van der Waals surface area contributed by atoms with Gasteiger partial charge in [0.2, 0.25) is 5.78 Å². The number of carbonyl (C=O) groups excluding carboxylic acids is 1. The van der Waals surface area contributed by atoms with Gasteiger partial charge in [-0.25, -0.2) is 4.98 Å². The second-order valence-corrected chi connectivity index (χ2v) is 3.59. The number of hydrogen-bond acceptors (Lipinski definition) is 3. The molecule has 94 valence electrons. The number of benzene rings is 1. The van der Waals surface area contributed by atoms with Crippen molar-refractivity contribution in [2.75, 3.05) is 0 Å². The lowest BCUT2D eigenvalue weighted by Crippen LogP contribution is -2.08. The summed E-state index contributed by atoms with van der Waals surface area (Å²) in [5, 5.41) is 0. The van der Waals surface area contributed by atoms with E-state index in [1.165, 1.54) is 30.5 Å². The number of halogens is 2. The molecule has 0 aliphatic rings. The van der Waals surface area contributed by atoms with Gasteiger partial charge in [0.15, 0.2) is 5.82 Å². The molecule has 0 atom stereocenters. The van der Waals surface area contributed by atoms with Crippen molar-refractivity contribution in [1.82, 2.24) is 9.55 Å². The van der Waals surface area contributed by atoms with E-state index in [1.54, 1.807) is 17.8 Å². The molecule has 2 rings (SSSR count). The molecule has 0 saturated carbocycles. The molecule has 0 saturated heterocycles. The number of alkyl halides is 2. The second-order valence-electron chi connectivity index (χ2n) is 3.59. The Morgan fingerprint density at radius 2 is 2.00 bits per heavy atom. The highest BCUT2D eigenvalue weighted by Gasteiger charge is 2.14. The van der Waals surface area contributed by atoms with Gasteiger partial charge in [-0.15, -0.1) is 0 Å². The fourth-order valence-electron chi connectivity index (χ4n) is 1.50. The highest BCUT2D eigenvalue weighted by atomic mass is 19.3. The Labute approximate surface area is 102 Å². The minimum Gasteiger partial charge on any atom is -0.435 e. The fourth-order valence-corrected chi connectivity index (χ4v) is 1.50. The van der Waals surface area contributed by atoms with Crippen molar-refractivity contribution in [3.63, 3.8) is 0 Å². The molecule has 6 heteroatoms. The zero-order valence-corrected chi connectivity index (χ0v) is 9.51. The van der Waals surface area contributed by atoms with E-state index in [0.717, 1.165) is 0 Å². The molecule has 1 aromatic heterocycles. The Morgan fingerprint density at radius 1 is 1.33 bits per heavy atom. The molecule has 18 heavy (non-hydrogen) atoms. The Hall–Kier alpha value is -2.24. The van der Waals surface area contributed by atoms with Crippen LogP contribution >= 0.6 is 0 Å². The van der Waals surface area contributed by atoms with E-state index in [0.29, 0.717) is 5.56 Å². The minimum absolute atomic E-state index is 0.0152. The Balaban J connectivity index is 2.20. The third-order valence-electron chi connectivity index (χ3n) is 2.37. The standard InChI is InChI=1S/C12H10F2N2O2/c1-16-7-6-15-11(16)10(17)8-2-4-9(5-3-8)18-12(13)14/h2-7,12H,1H3. The van der Waals surface area contributed by atoms with E-state index in [9.17, 15) is 13.6 Å². The van der Waals surface area contributed by atoms with Gasteiger partial charge in [-0.1, -0.05) is 0 Å². The average molecular weight is 252 g/mol. The van der Waals surface area contributed by atoms with Crippen molar-refractivity contribution in [2.24, 2.45) is 7.05 Å². The number of ketones is 1. The molecule has 0 bridgehead atoms. The number of imidazole rings is 1. The first-order valence-corrected chi connectivity index (χ1v) is 5.15. The molecule has 0 aliphatic heterocycles. The molecule has 4 nitrogen and oxygen atoms in total. The van der Waals surface area contributed by atoms with Gasteiger partial charge in [0.05, 0.1) is 0 Å².